The van der Waals surface area contributed by atoms with Crippen LogP contribution in [0.1, 0.15) is 44.9 Å². The molecule has 2 aromatic carbocycles. The second-order valence-electron chi connectivity index (χ2n) is 9.22. The number of aryl methyl sites for hydroxylation is 1. The first-order valence-corrected chi connectivity index (χ1v) is 12.2. The SMILES string of the molecule is CCc1ccc(N(C(=O)Cn2nnc3ccccc32)[C@@H](C(=O)NC(C)(C)C)c2ccsc2)cc1. The van der Waals surface area contributed by atoms with Crippen LogP contribution in [0.25, 0.3) is 11.0 Å². The maximum Gasteiger partial charge on any atom is 0.249 e. The molecule has 4 aromatic rings. The lowest BCUT2D eigenvalue weighted by molar-refractivity contribution is -0.128. The number of hydrogen-bond donors (Lipinski definition) is 1. The first-order valence-electron chi connectivity index (χ1n) is 11.3. The molecule has 1 atom stereocenters. The summed E-state index contributed by atoms with van der Waals surface area (Å²) >= 11 is 1.50. The van der Waals surface area contributed by atoms with Gasteiger partial charge in [-0.05, 0) is 79.4 Å². The van der Waals surface area contributed by atoms with Crippen molar-refractivity contribution in [3.05, 3.63) is 76.5 Å². The first kappa shape index (κ1) is 23.6. The lowest BCUT2D eigenvalue weighted by Crippen LogP contribution is -2.50. The minimum Gasteiger partial charge on any atom is -0.349 e. The Bertz CT molecular complexity index is 1270. The Morgan fingerprint density at radius 1 is 1.09 bits per heavy atom. The molecular formula is C26H29N5O2S. The van der Waals surface area contributed by atoms with Gasteiger partial charge in [-0.3, -0.25) is 14.5 Å². The average molecular weight is 476 g/mol. The largest absolute Gasteiger partial charge is 0.349 e. The fraction of sp³-hybridized carbons (Fsp3) is 0.308. The molecule has 2 aromatic heterocycles. The Morgan fingerprint density at radius 2 is 1.82 bits per heavy atom. The standard InChI is InChI=1S/C26H29N5O2S/c1-5-18-10-12-20(13-11-18)31(23(32)16-30-22-9-7-6-8-21(22)28-29-30)24(19-14-15-34-17-19)25(33)27-26(2,3)4/h6-15,17,24H,5,16H2,1-4H3,(H,27,33)/t24-/m1/s1. The number of nitrogens with zero attached hydrogens (tertiary/aromatic N) is 4. The first-order chi connectivity index (χ1) is 16.3. The van der Waals surface area contributed by atoms with E-state index in [1.54, 1.807) is 9.58 Å². The lowest BCUT2D eigenvalue weighted by Gasteiger charge is -2.33. The van der Waals surface area contributed by atoms with Gasteiger partial charge in [0.05, 0.1) is 5.52 Å². The predicted molar refractivity (Wildman–Crippen MR) is 136 cm³/mol. The zero-order valence-electron chi connectivity index (χ0n) is 19.9. The number of nitrogens with one attached hydrogen (secondary N) is 1. The monoisotopic (exact) mass is 475 g/mol. The molecule has 7 nitrogen and oxygen atoms in total. The van der Waals surface area contributed by atoms with Gasteiger partial charge in [0.2, 0.25) is 11.8 Å². The van der Waals surface area contributed by atoms with Crippen LogP contribution in [0.3, 0.4) is 0 Å². The van der Waals surface area contributed by atoms with Crippen molar-refractivity contribution >= 4 is 39.9 Å². The van der Waals surface area contributed by atoms with Crippen molar-refractivity contribution in [2.45, 2.75) is 52.2 Å². The topological polar surface area (TPSA) is 80.1 Å². The molecule has 0 unspecified atom stereocenters. The molecule has 2 heterocycles. The molecule has 0 spiro atoms. The summed E-state index contributed by atoms with van der Waals surface area (Å²) in [6.07, 6.45) is 0.887. The summed E-state index contributed by atoms with van der Waals surface area (Å²) in [5, 5.41) is 15.2. The molecule has 1 N–H and O–H groups in total. The van der Waals surface area contributed by atoms with Crippen LogP contribution >= 0.6 is 11.3 Å². The second kappa shape index (κ2) is 9.77. The maximum atomic E-state index is 13.9. The van der Waals surface area contributed by atoms with Gasteiger partial charge in [0.1, 0.15) is 18.1 Å². The minimum atomic E-state index is -0.819. The summed E-state index contributed by atoms with van der Waals surface area (Å²) in [6.45, 7) is 7.83. The molecule has 34 heavy (non-hydrogen) atoms. The molecule has 8 heteroatoms. The molecule has 2 amide bonds. The Hall–Kier alpha value is -3.52. The van der Waals surface area contributed by atoms with E-state index in [1.165, 1.54) is 11.3 Å². The van der Waals surface area contributed by atoms with Gasteiger partial charge in [-0.15, -0.1) is 5.10 Å². The maximum absolute atomic E-state index is 13.9. The summed E-state index contributed by atoms with van der Waals surface area (Å²) in [6, 6.07) is 16.4. The van der Waals surface area contributed by atoms with E-state index in [4.69, 9.17) is 0 Å². The molecule has 0 bridgehead atoms. The smallest absolute Gasteiger partial charge is 0.249 e. The van der Waals surface area contributed by atoms with Crippen molar-refractivity contribution in [2.24, 2.45) is 0 Å². The molecule has 0 aliphatic carbocycles. The van der Waals surface area contributed by atoms with Crippen LogP contribution in [0.5, 0.6) is 0 Å². The highest BCUT2D eigenvalue weighted by atomic mass is 32.1. The van der Waals surface area contributed by atoms with Gasteiger partial charge in [-0.1, -0.05) is 36.4 Å². The third-order valence-electron chi connectivity index (χ3n) is 5.46. The van der Waals surface area contributed by atoms with Crippen LogP contribution < -0.4 is 10.2 Å². The molecule has 0 fully saturated rings. The van der Waals surface area contributed by atoms with E-state index in [2.05, 4.69) is 22.6 Å². The quantitative estimate of drug-likeness (QED) is 0.419. The molecule has 0 aliphatic rings. The normalized spacial score (nSPS) is 12.5. The molecule has 0 aliphatic heterocycles. The van der Waals surface area contributed by atoms with E-state index >= 15 is 0 Å². The van der Waals surface area contributed by atoms with Gasteiger partial charge < -0.3 is 5.32 Å². The zero-order valence-corrected chi connectivity index (χ0v) is 20.7. The fourth-order valence-electron chi connectivity index (χ4n) is 3.85. The van der Waals surface area contributed by atoms with Crippen LogP contribution in [0.2, 0.25) is 0 Å². The number of thiophene rings is 1. The van der Waals surface area contributed by atoms with Gasteiger partial charge >= 0.3 is 0 Å². The predicted octanol–water partition coefficient (Wildman–Crippen LogP) is 4.74. The summed E-state index contributed by atoms with van der Waals surface area (Å²) in [4.78, 5) is 29.0. The third-order valence-corrected chi connectivity index (χ3v) is 6.16. The number of aromatic nitrogens is 3. The fourth-order valence-corrected chi connectivity index (χ4v) is 4.53. The number of carbonyl (C=O) groups is 2. The Morgan fingerprint density at radius 3 is 2.47 bits per heavy atom. The van der Waals surface area contributed by atoms with Crippen molar-refractivity contribution in [3.8, 4) is 0 Å². The average Bonchev–Trinajstić information content (AvgIpc) is 3.47. The van der Waals surface area contributed by atoms with Crippen LogP contribution in [0.15, 0.2) is 65.4 Å². The number of benzene rings is 2. The number of carbonyl (C=O) groups excluding carboxylic acids is 2. The molecule has 0 saturated heterocycles. The van der Waals surface area contributed by atoms with Gasteiger partial charge in [0.25, 0.3) is 0 Å². The number of amides is 2. The highest BCUT2D eigenvalue weighted by Crippen LogP contribution is 2.31. The zero-order chi connectivity index (χ0) is 24.3. The third kappa shape index (κ3) is 5.17. The van der Waals surface area contributed by atoms with Crippen LogP contribution in [-0.2, 0) is 22.6 Å². The summed E-state index contributed by atoms with van der Waals surface area (Å²) in [5.74, 6) is -0.484. The van der Waals surface area contributed by atoms with Crippen molar-refractivity contribution in [2.75, 3.05) is 4.90 Å². The highest BCUT2D eigenvalue weighted by molar-refractivity contribution is 7.08. The Kier molecular flexibility index (Phi) is 6.79. The number of fused-ring (bicyclic) bond motifs is 1. The van der Waals surface area contributed by atoms with Crippen molar-refractivity contribution in [1.82, 2.24) is 20.3 Å². The highest BCUT2D eigenvalue weighted by Gasteiger charge is 2.35. The van der Waals surface area contributed by atoms with Crippen molar-refractivity contribution in [1.29, 1.82) is 0 Å². The van der Waals surface area contributed by atoms with Gasteiger partial charge in [-0.2, -0.15) is 11.3 Å². The van der Waals surface area contributed by atoms with E-state index in [0.717, 1.165) is 23.1 Å². The molecule has 176 valence electrons. The van der Waals surface area contributed by atoms with E-state index in [9.17, 15) is 9.59 Å². The van der Waals surface area contributed by atoms with E-state index in [0.29, 0.717) is 11.2 Å². The molecule has 0 radical (unpaired) electrons. The van der Waals surface area contributed by atoms with Crippen molar-refractivity contribution in [3.63, 3.8) is 0 Å². The van der Waals surface area contributed by atoms with Gasteiger partial charge in [0.15, 0.2) is 0 Å². The lowest BCUT2D eigenvalue weighted by atomic mass is 10.0. The molecule has 0 saturated carbocycles. The van der Waals surface area contributed by atoms with Crippen molar-refractivity contribution < 1.29 is 9.59 Å². The second-order valence-corrected chi connectivity index (χ2v) is 10.00. The van der Waals surface area contributed by atoms with Crippen LogP contribution in [0, 0.1) is 0 Å². The van der Waals surface area contributed by atoms with Gasteiger partial charge in [-0.25, -0.2) is 4.68 Å². The molecular weight excluding hydrogens is 446 g/mol. The van der Waals surface area contributed by atoms with E-state index < -0.39 is 11.6 Å². The number of para-hydroxylation sites is 1. The Labute approximate surface area is 203 Å². The summed E-state index contributed by atoms with van der Waals surface area (Å²) < 4.78 is 1.58. The van der Waals surface area contributed by atoms with E-state index in [1.807, 2.05) is 86.1 Å². The van der Waals surface area contributed by atoms with Crippen LogP contribution in [0.4, 0.5) is 5.69 Å². The minimum absolute atomic E-state index is 0.0422. The number of rotatable bonds is 7. The van der Waals surface area contributed by atoms with Crippen LogP contribution in [-0.4, -0.2) is 32.3 Å². The summed E-state index contributed by atoms with van der Waals surface area (Å²) in [7, 11) is 0. The van der Waals surface area contributed by atoms with Gasteiger partial charge in [0, 0.05) is 11.2 Å². The summed E-state index contributed by atoms with van der Waals surface area (Å²) in [5.41, 5.74) is 3.62. The number of anilines is 1. The van der Waals surface area contributed by atoms with E-state index in [-0.39, 0.29) is 18.4 Å². The molecule has 4 rings (SSSR count). The Balaban J connectivity index is 1.78. The number of hydrogen-bond acceptors (Lipinski definition) is 5.